The summed E-state index contributed by atoms with van der Waals surface area (Å²) < 4.78 is 48.1. The van der Waals surface area contributed by atoms with Crippen molar-refractivity contribution in [2.24, 2.45) is 17.4 Å². The summed E-state index contributed by atoms with van der Waals surface area (Å²) in [6, 6.07) is 4.45. The fraction of sp³-hybridized carbons (Fsp3) is 0.491. The van der Waals surface area contributed by atoms with E-state index >= 15 is 0 Å². The van der Waals surface area contributed by atoms with Crippen molar-refractivity contribution in [3.63, 3.8) is 0 Å². The van der Waals surface area contributed by atoms with E-state index in [2.05, 4.69) is 32.2 Å². The third-order valence-corrected chi connectivity index (χ3v) is 15.5. The summed E-state index contributed by atoms with van der Waals surface area (Å²) in [6.07, 6.45) is -15.0. The monoisotopic (exact) mass is 1290 g/mol. The van der Waals surface area contributed by atoms with Gasteiger partial charge in [0.05, 0.1) is 49.7 Å². The minimum atomic E-state index is -5.36. The van der Waals surface area contributed by atoms with E-state index in [9.17, 15) is 97.3 Å². The van der Waals surface area contributed by atoms with Crippen LogP contribution in [-0.2, 0) is 44.0 Å². The van der Waals surface area contributed by atoms with E-state index in [0.717, 1.165) is 32.3 Å². The number of amides is 8. The number of unbranched alkanes of at least 4 members (excludes halogenated alkanes) is 2. The molecule has 0 radical (unpaired) electrons. The highest BCUT2D eigenvalue weighted by atomic mass is 32.3. The highest BCUT2D eigenvalue weighted by Crippen LogP contribution is 2.33. The Morgan fingerprint density at radius 3 is 1.99 bits per heavy atom. The van der Waals surface area contributed by atoms with E-state index < -0.39 is 198 Å². The van der Waals surface area contributed by atoms with Crippen molar-refractivity contribution >= 4 is 57.7 Å². The Labute approximate surface area is 515 Å². The van der Waals surface area contributed by atoms with Crippen LogP contribution in [0, 0.1) is 5.92 Å². The number of rotatable bonds is 30. The molecule has 2 saturated heterocycles. The normalized spacial score (nSPS) is 20.8. The largest absolute Gasteiger partial charge is 0.504 e. The Morgan fingerprint density at radius 1 is 0.756 bits per heavy atom. The lowest BCUT2D eigenvalue weighted by atomic mass is 9.96. The zero-order valence-electron chi connectivity index (χ0n) is 49.1. The molecule has 4 aromatic rings. The van der Waals surface area contributed by atoms with Gasteiger partial charge in [-0.3, -0.25) is 42.9 Å². The fourth-order valence-corrected chi connectivity index (χ4v) is 10.5. The lowest BCUT2D eigenvalue weighted by Crippen LogP contribution is -2.64. The topological polar surface area (TPSA) is 524 Å². The standard InChI is InChI=1S/C57H75N9O23S/c1-5-6-7-18-87-34-15-12-30(13-16-34)41-22-35(64-88-41)29-8-10-31(11-9-29)52(78)60-36(21-39(71)27(3)67)53(79)61-44(28(4)68)56(82)65-25-33(69)20-37(65)54(80)63-46(50(76)49(75)32-14-17-38(70)42(19-32)89-90(84,85)86)55(81)62-45(40(72)23-43(58)73)57(83)66-24-26(2)48(74)47(66)51(59)77/h8-17,19,22,26-28,33,36-37,39-40,44-50,67-72,74-76H,5-7,18,20-21,23-25H2,1-4H3,(H2,58,73)(H2,59,77)(H,60,78)(H,61,79)(H,62,81)(H,63,80)(H,84,85,86). The van der Waals surface area contributed by atoms with E-state index in [1.54, 1.807) is 18.2 Å². The average Bonchev–Trinajstić information content (AvgIpc) is 1.67. The third-order valence-electron chi connectivity index (χ3n) is 15.1. The second kappa shape index (κ2) is 30.9. The number of phenolic OH excluding ortho intramolecular Hbond substituents is 1. The van der Waals surface area contributed by atoms with Crippen LogP contribution in [0.15, 0.2) is 77.3 Å². The first-order valence-electron chi connectivity index (χ1n) is 28.5. The Morgan fingerprint density at radius 2 is 1.39 bits per heavy atom. The van der Waals surface area contributed by atoms with Crippen LogP contribution in [0.3, 0.4) is 0 Å². The van der Waals surface area contributed by atoms with Gasteiger partial charge in [0.25, 0.3) is 5.91 Å². The van der Waals surface area contributed by atoms with Gasteiger partial charge in [-0.2, -0.15) is 8.42 Å². The number of carbonyl (C=O) groups is 8. The molecule has 3 heterocycles. The third kappa shape index (κ3) is 18.2. The summed E-state index contributed by atoms with van der Waals surface area (Å²) in [6.45, 7) is 5.17. The molecule has 32 nitrogen and oxygen atoms in total. The van der Waals surface area contributed by atoms with Gasteiger partial charge >= 0.3 is 10.4 Å². The van der Waals surface area contributed by atoms with Gasteiger partial charge in [0.15, 0.2) is 17.3 Å². The van der Waals surface area contributed by atoms with Crippen LogP contribution in [0.5, 0.6) is 17.2 Å². The molecular formula is C57H75N9O23S. The number of β-amino-alcohol motifs (C(OH)–C–C–N with tert-alkyl or cyclic N) is 1. The molecule has 15 unspecified atom stereocenters. The van der Waals surface area contributed by atoms with Crippen LogP contribution < -0.4 is 41.7 Å². The molecule has 3 aromatic carbocycles. The number of aliphatic hydroxyl groups excluding tert-OH is 8. The fourth-order valence-electron chi connectivity index (χ4n) is 10.1. The van der Waals surface area contributed by atoms with Gasteiger partial charge in [0.1, 0.15) is 59.9 Å². The first kappa shape index (κ1) is 70.7. The zero-order chi connectivity index (χ0) is 66.6. The van der Waals surface area contributed by atoms with Crippen LogP contribution in [0.25, 0.3) is 22.6 Å². The second-order valence-corrected chi connectivity index (χ2v) is 23.1. The van der Waals surface area contributed by atoms with Gasteiger partial charge in [-0.25, -0.2) is 0 Å². The number of aromatic hydroxyl groups is 1. The van der Waals surface area contributed by atoms with Crippen molar-refractivity contribution in [2.75, 3.05) is 19.7 Å². The predicted molar refractivity (Wildman–Crippen MR) is 310 cm³/mol. The summed E-state index contributed by atoms with van der Waals surface area (Å²) in [5, 5.41) is 111. The van der Waals surface area contributed by atoms with Gasteiger partial charge in [-0.05, 0) is 74.4 Å². The first-order valence-corrected chi connectivity index (χ1v) is 29.8. The number of benzene rings is 3. The molecule has 0 bridgehead atoms. The van der Waals surface area contributed by atoms with Crippen molar-refractivity contribution in [1.82, 2.24) is 36.2 Å². The minimum absolute atomic E-state index is 0.0188. The van der Waals surface area contributed by atoms with Crippen molar-refractivity contribution < 1.29 is 111 Å². The molecule has 2 aliphatic heterocycles. The van der Waals surface area contributed by atoms with Crippen LogP contribution in [0.4, 0.5) is 0 Å². The number of phenols is 1. The van der Waals surface area contributed by atoms with Crippen LogP contribution in [0.1, 0.15) is 88.2 Å². The van der Waals surface area contributed by atoms with Gasteiger partial charge in [-0.1, -0.05) is 50.0 Å². The number of hydrogen-bond acceptors (Lipinski definition) is 23. The summed E-state index contributed by atoms with van der Waals surface area (Å²) >= 11 is 0. The summed E-state index contributed by atoms with van der Waals surface area (Å²) in [4.78, 5) is 112. The minimum Gasteiger partial charge on any atom is -0.504 e. The molecule has 0 spiro atoms. The van der Waals surface area contributed by atoms with E-state index in [4.69, 9.17) is 20.7 Å². The average molecular weight is 1290 g/mol. The summed E-state index contributed by atoms with van der Waals surface area (Å²) in [5.74, 6) is -12.1. The number of nitrogens with two attached hydrogens (primary N) is 2. The van der Waals surface area contributed by atoms with E-state index in [-0.39, 0.29) is 5.56 Å². The second-order valence-electron chi connectivity index (χ2n) is 22.1. The number of ether oxygens (including phenoxy) is 1. The van der Waals surface area contributed by atoms with E-state index in [0.29, 0.717) is 56.9 Å². The maximum absolute atomic E-state index is 14.6. The van der Waals surface area contributed by atoms with Crippen molar-refractivity contribution in [3.05, 3.63) is 83.9 Å². The quantitative estimate of drug-likeness (QED) is 0.0178. The Balaban J connectivity index is 1.24. The van der Waals surface area contributed by atoms with Crippen molar-refractivity contribution in [3.8, 4) is 39.8 Å². The number of carbonyl (C=O) groups excluding carboxylic acids is 8. The number of primary amides is 2. The van der Waals surface area contributed by atoms with Gasteiger partial charge in [-0.15, -0.1) is 0 Å². The summed E-state index contributed by atoms with van der Waals surface area (Å²) in [7, 11) is -5.36. The molecule has 18 N–H and O–H groups in total. The maximum Gasteiger partial charge on any atom is 0.446 e. The van der Waals surface area contributed by atoms with E-state index in [1.807, 2.05) is 17.4 Å². The molecule has 1 aromatic heterocycles. The number of aromatic nitrogens is 1. The number of hydrogen-bond donors (Lipinski definition) is 16. The SMILES string of the molecule is CCCCCOc1ccc(-c2cc(-c3ccc(C(=O)NC(CC(O)C(C)O)C(=O)NC(C(=O)N4CC(O)CC4C(=O)NC(C(=O)NC(C(=O)N4CC(C)C(O)C4C(N)=O)C(O)CC(N)=O)C(O)C(O)c4ccc(O)c(OS(=O)(=O)O)c4)C(C)O)cc3)no2)cc1. The van der Waals surface area contributed by atoms with E-state index in [1.165, 1.54) is 38.1 Å². The molecule has 6 rings (SSSR count). The van der Waals surface area contributed by atoms with Gasteiger partial charge in [0.2, 0.25) is 41.4 Å². The molecular weight excluding hydrogens is 1210 g/mol. The zero-order valence-corrected chi connectivity index (χ0v) is 50.0. The number of nitrogens with zero attached hydrogens (tertiary/aromatic N) is 3. The number of aliphatic hydroxyl groups is 8. The molecule has 0 saturated carbocycles. The molecule has 33 heteroatoms. The van der Waals surface area contributed by atoms with Crippen LogP contribution in [-0.4, -0.2) is 220 Å². The van der Waals surface area contributed by atoms with Crippen LogP contribution >= 0.6 is 0 Å². The van der Waals surface area contributed by atoms with Crippen molar-refractivity contribution in [2.45, 2.75) is 151 Å². The molecule has 2 fully saturated rings. The van der Waals surface area contributed by atoms with Crippen molar-refractivity contribution in [1.29, 1.82) is 0 Å². The molecule has 492 valence electrons. The Bertz CT molecular complexity index is 3320. The highest BCUT2D eigenvalue weighted by Gasteiger charge is 2.50. The number of nitrogens with one attached hydrogen (secondary N) is 4. The summed E-state index contributed by atoms with van der Waals surface area (Å²) in [5.41, 5.74) is 11.8. The molecule has 0 aliphatic carbocycles. The molecule has 2 aliphatic rings. The molecule has 8 amide bonds. The maximum atomic E-state index is 14.6. The van der Waals surface area contributed by atoms with Gasteiger partial charge in [0, 0.05) is 54.6 Å². The lowest BCUT2D eigenvalue weighted by molar-refractivity contribution is -0.148. The first-order chi connectivity index (χ1) is 42.3. The Kier molecular flexibility index (Phi) is 24.3. The molecule has 90 heavy (non-hydrogen) atoms. The smallest absolute Gasteiger partial charge is 0.446 e. The predicted octanol–water partition coefficient (Wildman–Crippen LogP) is -3.48. The Hall–Kier alpha value is -8.38. The van der Waals surface area contributed by atoms with Gasteiger partial charge < -0.3 is 102 Å². The number of likely N-dealkylation sites (tertiary alicyclic amines) is 2. The lowest BCUT2D eigenvalue weighted by Gasteiger charge is -2.34. The highest BCUT2D eigenvalue weighted by molar-refractivity contribution is 7.81. The molecule has 15 atom stereocenters. The van der Waals surface area contributed by atoms with Crippen LogP contribution in [0.2, 0.25) is 0 Å².